The summed E-state index contributed by atoms with van der Waals surface area (Å²) in [5.41, 5.74) is 1.16. The molecule has 0 aliphatic carbocycles. The number of benzene rings is 3. The third-order valence-corrected chi connectivity index (χ3v) is 6.96. The Morgan fingerprint density at radius 2 is 1.48 bits per heavy atom. The summed E-state index contributed by atoms with van der Waals surface area (Å²) in [4.78, 5) is 30.0. The fourth-order valence-electron chi connectivity index (χ4n) is 4.68. The van der Waals surface area contributed by atoms with Crippen LogP contribution in [-0.4, -0.2) is 38.0 Å². The van der Waals surface area contributed by atoms with Crippen molar-refractivity contribution in [2.75, 3.05) is 31.0 Å². The van der Waals surface area contributed by atoms with Crippen molar-refractivity contribution in [2.24, 2.45) is 0 Å². The first kappa shape index (κ1) is 28.7. The minimum absolute atomic E-state index is 0.0891. The van der Waals surface area contributed by atoms with Crippen molar-refractivity contribution in [3.8, 4) is 5.75 Å². The van der Waals surface area contributed by atoms with Gasteiger partial charge in [0.1, 0.15) is 11.5 Å². The normalized spacial score (nSPS) is 17.3. The van der Waals surface area contributed by atoms with Gasteiger partial charge in [0.2, 0.25) is 0 Å². The maximum atomic E-state index is 13.5. The lowest BCUT2D eigenvalue weighted by Crippen LogP contribution is -2.29. The summed E-state index contributed by atoms with van der Waals surface area (Å²) < 4.78 is 45.2. The summed E-state index contributed by atoms with van der Waals surface area (Å²) in [7, 11) is 5.15. The third kappa shape index (κ3) is 5.28. The summed E-state index contributed by atoms with van der Waals surface area (Å²) in [5, 5.41) is 11.6. The summed E-state index contributed by atoms with van der Waals surface area (Å²) in [6.45, 7) is 5.98. The lowest BCUT2D eigenvalue weighted by atomic mass is 9.85. The number of halogens is 3. The Kier molecular flexibility index (Phi) is 7.45. The number of rotatable bonds is 5. The Hall–Kier alpha value is -4.27. The van der Waals surface area contributed by atoms with E-state index in [4.69, 9.17) is 4.74 Å². The second-order valence-electron chi connectivity index (χ2n) is 10.9. The molecule has 4 rings (SSSR count). The van der Waals surface area contributed by atoms with Crippen molar-refractivity contribution in [1.29, 1.82) is 0 Å². The molecule has 1 heterocycles. The van der Waals surface area contributed by atoms with Gasteiger partial charge in [-0.05, 0) is 65.1 Å². The first-order valence-corrected chi connectivity index (χ1v) is 12.6. The van der Waals surface area contributed by atoms with Crippen molar-refractivity contribution in [2.45, 2.75) is 38.4 Å². The molecule has 1 unspecified atom stereocenters. The molecule has 0 bridgehead atoms. The Labute approximate surface area is 231 Å². The number of anilines is 2. The van der Waals surface area contributed by atoms with Gasteiger partial charge in [-0.3, -0.25) is 14.5 Å². The number of ether oxygens (including phenoxy) is 1. The number of amides is 1. The van der Waals surface area contributed by atoms with Gasteiger partial charge in [-0.15, -0.1) is 0 Å². The van der Waals surface area contributed by atoms with Crippen LogP contribution < -0.4 is 14.5 Å². The van der Waals surface area contributed by atoms with Crippen LogP contribution in [0.1, 0.15) is 49.1 Å². The van der Waals surface area contributed by atoms with Crippen molar-refractivity contribution in [3.05, 3.63) is 94.6 Å². The van der Waals surface area contributed by atoms with Gasteiger partial charge in [0.15, 0.2) is 0 Å². The van der Waals surface area contributed by atoms with Crippen LogP contribution in [-0.2, 0) is 21.2 Å². The van der Waals surface area contributed by atoms with Gasteiger partial charge in [-0.1, -0.05) is 39.0 Å². The first-order chi connectivity index (χ1) is 18.6. The van der Waals surface area contributed by atoms with E-state index >= 15 is 0 Å². The van der Waals surface area contributed by atoms with Gasteiger partial charge < -0.3 is 14.7 Å². The third-order valence-electron chi connectivity index (χ3n) is 6.96. The van der Waals surface area contributed by atoms with E-state index in [1.165, 1.54) is 7.11 Å². The second-order valence-corrected chi connectivity index (χ2v) is 10.9. The summed E-state index contributed by atoms with van der Waals surface area (Å²) in [6.07, 6.45) is -4.57. The van der Waals surface area contributed by atoms with Gasteiger partial charge >= 0.3 is 6.18 Å². The number of aliphatic hydroxyl groups is 1. The number of carbonyl (C=O) groups excluding carboxylic acids is 2. The number of hydrogen-bond acceptors (Lipinski definition) is 5. The smallest absolute Gasteiger partial charge is 0.416 e. The quantitative estimate of drug-likeness (QED) is 0.217. The van der Waals surface area contributed by atoms with E-state index in [0.717, 1.165) is 40.4 Å². The lowest BCUT2D eigenvalue weighted by molar-refractivity contribution is -0.137. The molecule has 1 fully saturated rings. The minimum atomic E-state index is -4.57. The molecule has 210 valence electrons. The maximum absolute atomic E-state index is 13.5. The molecule has 1 aliphatic heterocycles. The second kappa shape index (κ2) is 10.4. The van der Waals surface area contributed by atoms with Crippen LogP contribution in [0.4, 0.5) is 24.5 Å². The van der Waals surface area contributed by atoms with Crippen LogP contribution in [0.5, 0.6) is 5.75 Å². The van der Waals surface area contributed by atoms with Crippen LogP contribution in [0.25, 0.3) is 5.76 Å². The van der Waals surface area contributed by atoms with E-state index < -0.39 is 35.2 Å². The van der Waals surface area contributed by atoms with E-state index in [1.807, 2.05) is 45.8 Å². The number of methoxy groups -OCH3 is 1. The first-order valence-electron chi connectivity index (χ1n) is 12.6. The molecule has 0 radical (unpaired) electrons. The van der Waals surface area contributed by atoms with E-state index in [9.17, 15) is 27.9 Å². The molecule has 1 atom stereocenters. The van der Waals surface area contributed by atoms with Gasteiger partial charge in [-0.25, -0.2) is 0 Å². The summed E-state index contributed by atoms with van der Waals surface area (Å²) >= 11 is 0. The highest BCUT2D eigenvalue weighted by molar-refractivity contribution is 6.51. The Morgan fingerprint density at radius 1 is 0.900 bits per heavy atom. The van der Waals surface area contributed by atoms with E-state index in [0.29, 0.717) is 11.3 Å². The van der Waals surface area contributed by atoms with Gasteiger partial charge in [0, 0.05) is 25.5 Å². The maximum Gasteiger partial charge on any atom is 0.416 e. The monoisotopic (exact) mass is 552 g/mol. The van der Waals surface area contributed by atoms with Gasteiger partial charge in [-0.2, -0.15) is 13.2 Å². The molecule has 0 saturated carbocycles. The van der Waals surface area contributed by atoms with Crippen LogP contribution in [0, 0.1) is 0 Å². The van der Waals surface area contributed by atoms with Crippen molar-refractivity contribution < 1.29 is 32.6 Å². The molecule has 1 N–H and O–H groups in total. The number of nitrogens with zero attached hydrogens (tertiary/aromatic N) is 2. The standard InChI is InChI=1S/C31H31F3N2O4/c1-30(2,3)20-11-16-24(40-6)23(17-20)27(37)25-26(18-7-12-21(13-8-18)35(4)5)36(29(39)28(25)38)22-14-9-19(10-15-22)31(32,33)34/h7-17,26,37H,1-6H3/b27-25+. The minimum Gasteiger partial charge on any atom is -0.507 e. The van der Waals surface area contributed by atoms with Crippen LogP contribution in [0.2, 0.25) is 0 Å². The highest BCUT2D eigenvalue weighted by Gasteiger charge is 2.47. The van der Waals surface area contributed by atoms with Crippen LogP contribution in [0.15, 0.2) is 72.3 Å². The zero-order valence-corrected chi connectivity index (χ0v) is 23.1. The summed E-state index contributed by atoms with van der Waals surface area (Å²) in [5.74, 6) is -2.05. The number of ketones is 1. The number of aliphatic hydroxyl groups excluding tert-OH is 1. The molecule has 3 aromatic carbocycles. The average molecular weight is 553 g/mol. The highest BCUT2D eigenvalue weighted by atomic mass is 19.4. The zero-order valence-electron chi connectivity index (χ0n) is 23.1. The SMILES string of the molecule is COc1ccc(C(C)(C)C)cc1/C(O)=C1\C(=O)C(=O)N(c2ccc(C(F)(F)F)cc2)C1c1ccc(N(C)C)cc1. The molecule has 6 nitrogen and oxygen atoms in total. The van der Waals surface area contributed by atoms with Crippen molar-refractivity contribution in [1.82, 2.24) is 0 Å². The van der Waals surface area contributed by atoms with E-state index in [2.05, 4.69) is 0 Å². The molecule has 1 amide bonds. The molecule has 1 aliphatic rings. The Balaban J connectivity index is 1.96. The van der Waals surface area contributed by atoms with Gasteiger partial charge in [0.05, 0.1) is 29.9 Å². The fourth-order valence-corrected chi connectivity index (χ4v) is 4.68. The van der Waals surface area contributed by atoms with E-state index in [-0.39, 0.29) is 22.2 Å². The molecule has 1 saturated heterocycles. The molecule has 0 spiro atoms. The molecule has 3 aromatic rings. The van der Waals surface area contributed by atoms with Crippen molar-refractivity contribution >= 4 is 28.8 Å². The molecular weight excluding hydrogens is 521 g/mol. The number of carbonyl (C=O) groups is 2. The molecule has 0 aromatic heterocycles. The highest BCUT2D eigenvalue weighted by Crippen LogP contribution is 2.44. The number of hydrogen-bond donors (Lipinski definition) is 1. The molecule has 40 heavy (non-hydrogen) atoms. The number of alkyl halides is 3. The van der Waals surface area contributed by atoms with Crippen LogP contribution >= 0.6 is 0 Å². The van der Waals surface area contributed by atoms with E-state index in [1.54, 1.807) is 36.4 Å². The topological polar surface area (TPSA) is 70.1 Å². The zero-order chi connectivity index (χ0) is 29.6. The lowest BCUT2D eigenvalue weighted by Gasteiger charge is -2.26. The Morgan fingerprint density at radius 3 is 1.98 bits per heavy atom. The largest absolute Gasteiger partial charge is 0.507 e. The molecular formula is C31H31F3N2O4. The number of Topliss-reactive ketones (excluding diaryl/α,β-unsaturated/α-hetero) is 1. The predicted octanol–water partition coefficient (Wildman–Crippen LogP) is 6.70. The van der Waals surface area contributed by atoms with Gasteiger partial charge in [0.25, 0.3) is 11.7 Å². The average Bonchev–Trinajstić information content (AvgIpc) is 3.17. The Bertz CT molecular complexity index is 1470. The predicted molar refractivity (Wildman–Crippen MR) is 149 cm³/mol. The van der Waals surface area contributed by atoms with Crippen molar-refractivity contribution in [3.63, 3.8) is 0 Å². The molecule has 9 heteroatoms. The van der Waals surface area contributed by atoms with Crippen LogP contribution in [0.3, 0.4) is 0 Å². The summed E-state index contributed by atoms with van der Waals surface area (Å²) in [6, 6.07) is 15.2. The fraction of sp³-hybridized carbons (Fsp3) is 0.290.